The van der Waals surface area contributed by atoms with Gasteiger partial charge in [-0.3, -0.25) is 19.7 Å². The fraction of sp³-hybridized carbons (Fsp3) is 0.267. The number of rotatable bonds is 9. The normalized spacial score (nSPS) is 14.9. The Bertz CT molecular complexity index is 1480. The van der Waals surface area contributed by atoms with E-state index in [9.17, 15) is 9.59 Å². The highest BCUT2D eigenvalue weighted by Crippen LogP contribution is 2.37. The zero-order chi connectivity index (χ0) is 26.6. The van der Waals surface area contributed by atoms with Crippen LogP contribution in [-0.4, -0.2) is 57.4 Å². The number of fused-ring (bicyclic) bond motifs is 2. The zero-order valence-electron chi connectivity index (χ0n) is 21.7. The lowest BCUT2D eigenvalue weighted by molar-refractivity contribution is -0.124. The van der Waals surface area contributed by atoms with Crippen molar-refractivity contribution in [2.45, 2.75) is 31.8 Å². The summed E-state index contributed by atoms with van der Waals surface area (Å²) in [5.41, 5.74) is 9.16. The Labute approximate surface area is 221 Å². The topological polar surface area (TPSA) is 104 Å². The third-order valence-corrected chi connectivity index (χ3v) is 7.29. The lowest BCUT2D eigenvalue weighted by Crippen LogP contribution is -2.29. The summed E-state index contributed by atoms with van der Waals surface area (Å²) in [7, 11) is 3.51. The van der Waals surface area contributed by atoms with Gasteiger partial charge in [-0.05, 0) is 65.8 Å². The number of nitrogens with zero attached hydrogens (tertiary/aromatic N) is 2. The number of aromatic nitrogens is 2. The highest BCUT2D eigenvalue weighted by atomic mass is 16.5. The van der Waals surface area contributed by atoms with E-state index < -0.39 is 5.91 Å². The Hall–Kier alpha value is -4.14. The lowest BCUT2D eigenvalue weighted by atomic mass is 10.0. The van der Waals surface area contributed by atoms with E-state index >= 15 is 0 Å². The Morgan fingerprint density at radius 1 is 1.13 bits per heavy atom. The number of nitrogens with one attached hydrogen (secondary N) is 3. The van der Waals surface area contributed by atoms with Crippen molar-refractivity contribution in [3.8, 4) is 0 Å². The van der Waals surface area contributed by atoms with E-state index in [0.29, 0.717) is 12.2 Å². The van der Waals surface area contributed by atoms with Crippen molar-refractivity contribution in [2.75, 3.05) is 20.6 Å². The number of hydroxylamine groups is 1. The van der Waals surface area contributed by atoms with Gasteiger partial charge in [0, 0.05) is 62.1 Å². The van der Waals surface area contributed by atoms with Gasteiger partial charge >= 0.3 is 0 Å². The summed E-state index contributed by atoms with van der Waals surface area (Å²) in [5.74, 6) is -0.590. The standard InChI is InChI=1S/C30H33N5O3/c1-34(2)30(37)27-12-10-23(32-27)19-35(16-15-22-18-31-26-6-4-3-5-24(22)26)28-13-9-21-17-20(7-11-25(21)28)8-14-29(36)33-38/h3-8,10-12,14,17-18,28,31-32,38H,9,13,15-16,19H2,1-2H3,(H,33,36)/t28-/m0/s1. The molecule has 1 aliphatic rings. The molecule has 2 aromatic carbocycles. The third-order valence-electron chi connectivity index (χ3n) is 7.29. The number of amides is 2. The largest absolute Gasteiger partial charge is 0.361 e. The molecule has 0 unspecified atom stereocenters. The van der Waals surface area contributed by atoms with Crippen LogP contribution >= 0.6 is 0 Å². The Morgan fingerprint density at radius 2 is 1.97 bits per heavy atom. The maximum absolute atomic E-state index is 12.4. The van der Waals surface area contributed by atoms with Crippen LogP contribution < -0.4 is 5.48 Å². The molecule has 1 aliphatic carbocycles. The molecule has 0 radical (unpaired) electrons. The van der Waals surface area contributed by atoms with Gasteiger partial charge in [0.25, 0.3) is 11.8 Å². The number of aryl methyl sites for hydroxylation is 1. The highest BCUT2D eigenvalue weighted by Gasteiger charge is 2.28. The minimum Gasteiger partial charge on any atom is -0.361 e. The monoisotopic (exact) mass is 511 g/mol. The Morgan fingerprint density at radius 3 is 2.79 bits per heavy atom. The lowest BCUT2D eigenvalue weighted by Gasteiger charge is -2.29. The van der Waals surface area contributed by atoms with Gasteiger partial charge < -0.3 is 14.9 Å². The number of hydrogen-bond acceptors (Lipinski definition) is 4. The van der Waals surface area contributed by atoms with Crippen molar-refractivity contribution in [3.05, 3.63) is 101 Å². The van der Waals surface area contributed by atoms with Gasteiger partial charge in [-0.1, -0.05) is 36.4 Å². The van der Waals surface area contributed by atoms with Crippen LogP contribution in [-0.2, 0) is 24.2 Å². The molecule has 0 saturated carbocycles. The minimum atomic E-state index is -0.551. The van der Waals surface area contributed by atoms with Crippen molar-refractivity contribution in [1.29, 1.82) is 0 Å². The summed E-state index contributed by atoms with van der Waals surface area (Å²) in [6, 6.07) is 18.8. The molecule has 2 amide bonds. The minimum absolute atomic E-state index is 0.0386. The number of carbonyl (C=O) groups excluding carboxylic acids is 2. The Balaban J connectivity index is 1.40. The molecule has 2 heterocycles. The predicted molar refractivity (Wildman–Crippen MR) is 148 cm³/mol. The van der Waals surface area contributed by atoms with Crippen LogP contribution in [0.1, 0.15) is 50.9 Å². The predicted octanol–water partition coefficient (Wildman–Crippen LogP) is 4.45. The second kappa shape index (κ2) is 11.1. The summed E-state index contributed by atoms with van der Waals surface area (Å²) >= 11 is 0. The van der Waals surface area contributed by atoms with Crippen LogP contribution in [0.15, 0.2) is 66.9 Å². The number of aromatic amines is 2. The first-order chi connectivity index (χ1) is 18.4. The smallest absolute Gasteiger partial charge is 0.269 e. The molecule has 1 atom stereocenters. The summed E-state index contributed by atoms with van der Waals surface area (Å²) in [6.07, 6.45) is 7.98. The van der Waals surface area contributed by atoms with Crippen molar-refractivity contribution in [3.63, 3.8) is 0 Å². The fourth-order valence-corrected chi connectivity index (χ4v) is 5.37. The van der Waals surface area contributed by atoms with Crippen LogP contribution in [0.3, 0.4) is 0 Å². The highest BCUT2D eigenvalue weighted by molar-refractivity contribution is 5.92. The first kappa shape index (κ1) is 25.5. The van der Waals surface area contributed by atoms with Crippen molar-refractivity contribution in [2.24, 2.45) is 0 Å². The van der Waals surface area contributed by atoms with Gasteiger partial charge in [0.15, 0.2) is 0 Å². The Kier molecular flexibility index (Phi) is 7.44. The van der Waals surface area contributed by atoms with E-state index in [-0.39, 0.29) is 11.9 Å². The third kappa shape index (κ3) is 5.41. The number of hydrogen-bond donors (Lipinski definition) is 4. The number of para-hydroxylation sites is 1. The van der Waals surface area contributed by atoms with Crippen molar-refractivity contribution in [1.82, 2.24) is 25.2 Å². The fourth-order valence-electron chi connectivity index (χ4n) is 5.37. The van der Waals surface area contributed by atoms with E-state index in [0.717, 1.165) is 42.6 Å². The molecule has 5 rings (SSSR count). The second-order valence-corrected chi connectivity index (χ2v) is 10.00. The van der Waals surface area contributed by atoms with Crippen molar-refractivity contribution < 1.29 is 14.8 Å². The van der Waals surface area contributed by atoms with E-state index in [2.05, 4.69) is 51.4 Å². The maximum Gasteiger partial charge on any atom is 0.269 e. The molecule has 196 valence electrons. The average molecular weight is 512 g/mol. The molecule has 0 saturated heterocycles. The summed E-state index contributed by atoms with van der Waals surface area (Å²) < 4.78 is 0. The van der Waals surface area contributed by atoms with Crippen LogP contribution in [0.4, 0.5) is 0 Å². The van der Waals surface area contributed by atoms with Crippen molar-refractivity contribution >= 4 is 28.8 Å². The van der Waals surface area contributed by atoms with Crippen LogP contribution in [0.2, 0.25) is 0 Å². The quantitative estimate of drug-likeness (QED) is 0.151. The first-order valence-electron chi connectivity index (χ1n) is 12.9. The van der Waals surface area contributed by atoms with E-state index in [1.54, 1.807) is 30.6 Å². The molecule has 8 heteroatoms. The first-order valence-corrected chi connectivity index (χ1v) is 12.9. The SMILES string of the molecule is CN(C)C(=O)c1ccc(CN(CCc2c[nH]c3ccccc23)[C@H]2CCc3cc(C=CC(=O)NO)ccc32)[nH]1. The molecule has 0 aliphatic heterocycles. The summed E-state index contributed by atoms with van der Waals surface area (Å²) in [5, 5.41) is 9.99. The number of carbonyl (C=O) groups is 2. The molecule has 4 aromatic rings. The van der Waals surface area contributed by atoms with Gasteiger partial charge in [0.2, 0.25) is 0 Å². The molecule has 0 bridgehead atoms. The van der Waals surface area contributed by atoms with Crippen LogP contribution in [0.5, 0.6) is 0 Å². The van der Waals surface area contributed by atoms with Gasteiger partial charge in [0.05, 0.1) is 0 Å². The second-order valence-electron chi connectivity index (χ2n) is 10.00. The van der Waals surface area contributed by atoms with Gasteiger partial charge in [-0.25, -0.2) is 5.48 Å². The molecule has 2 aromatic heterocycles. The molecule has 0 spiro atoms. The average Bonchev–Trinajstić information content (AvgIpc) is 3.67. The number of H-pyrrole nitrogens is 2. The van der Waals surface area contributed by atoms with E-state index in [1.165, 1.54) is 28.2 Å². The molecular formula is C30H33N5O3. The summed E-state index contributed by atoms with van der Waals surface area (Å²) in [6.45, 7) is 1.56. The van der Waals surface area contributed by atoms with E-state index in [1.807, 2.05) is 24.3 Å². The molecule has 4 N–H and O–H groups in total. The summed E-state index contributed by atoms with van der Waals surface area (Å²) in [4.78, 5) is 34.6. The number of benzene rings is 2. The van der Waals surface area contributed by atoms with Gasteiger partial charge in [-0.2, -0.15) is 0 Å². The van der Waals surface area contributed by atoms with Crippen LogP contribution in [0.25, 0.3) is 17.0 Å². The molecule has 38 heavy (non-hydrogen) atoms. The van der Waals surface area contributed by atoms with Gasteiger partial charge in [-0.15, -0.1) is 0 Å². The maximum atomic E-state index is 12.4. The molecule has 0 fully saturated rings. The molecule has 8 nitrogen and oxygen atoms in total. The molecular weight excluding hydrogens is 478 g/mol. The zero-order valence-corrected chi connectivity index (χ0v) is 21.7. The van der Waals surface area contributed by atoms with Gasteiger partial charge in [0.1, 0.15) is 5.69 Å². The van der Waals surface area contributed by atoms with Crippen LogP contribution in [0, 0.1) is 0 Å². The van der Waals surface area contributed by atoms with E-state index in [4.69, 9.17) is 5.21 Å².